The van der Waals surface area contributed by atoms with Gasteiger partial charge in [-0.15, -0.1) is 0 Å². The Labute approximate surface area is 102 Å². The summed E-state index contributed by atoms with van der Waals surface area (Å²) in [6.07, 6.45) is -1.03. The Morgan fingerprint density at radius 2 is 2.06 bits per heavy atom. The molecule has 94 valence electrons. The van der Waals surface area contributed by atoms with Crippen LogP contribution in [0.25, 0.3) is 0 Å². The molecule has 1 aromatic carbocycles. The van der Waals surface area contributed by atoms with Crippen LogP contribution in [0.5, 0.6) is 0 Å². The zero-order valence-electron chi connectivity index (χ0n) is 10.4. The minimum absolute atomic E-state index is 0.343. The van der Waals surface area contributed by atoms with Crippen LogP contribution >= 0.6 is 0 Å². The van der Waals surface area contributed by atoms with Gasteiger partial charge < -0.3 is 15.2 Å². The fourth-order valence-electron chi connectivity index (χ4n) is 1.66. The maximum absolute atomic E-state index is 11.6. The Balaban J connectivity index is 2.93. The van der Waals surface area contributed by atoms with Crippen molar-refractivity contribution in [1.29, 1.82) is 0 Å². The van der Waals surface area contributed by atoms with Gasteiger partial charge in [0.15, 0.2) is 0 Å². The molecule has 0 spiro atoms. The fourth-order valence-corrected chi connectivity index (χ4v) is 1.66. The summed E-state index contributed by atoms with van der Waals surface area (Å²) in [6.45, 7) is 3.65. The number of aliphatic hydroxyl groups is 1. The molecule has 0 aliphatic rings. The van der Waals surface area contributed by atoms with Gasteiger partial charge in [-0.05, 0) is 19.4 Å². The van der Waals surface area contributed by atoms with E-state index in [0.717, 1.165) is 5.56 Å². The van der Waals surface area contributed by atoms with Crippen LogP contribution in [0.2, 0.25) is 0 Å². The third-order valence-corrected chi connectivity index (χ3v) is 2.62. The Bertz CT molecular complexity index is 364. The minimum atomic E-state index is -1.03. The van der Waals surface area contributed by atoms with Crippen molar-refractivity contribution in [2.24, 2.45) is 0 Å². The van der Waals surface area contributed by atoms with Crippen molar-refractivity contribution in [1.82, 2.24) is 5.32 Å². The predicted molar refractivity (Wildman–Crippen MR) is 65.5 cm³/mol. The van der Waals surface area contributed by atoms with Gasteiger partial charge in [0.1, 0.15) is 6.10 Å². The van der Waals surface area contributed by atoms with Crippen LogP contribution < -0.4 is 5.32 Å². The maximum atomic E-state index is 11.6. The van der Waals surface area contributed by atoms with Crippen LogP contribution in [0.4, 0.5) is 0 Å². The number of hydrogen-bond acceptors (Lipinski definition) is 3. The molecule has 0 bridgehead atoms. The largest absolute Gasteiger partial charge is 0.384 e. The molecular weight excluding hydrogens is 218 g/mol. The van der Waals surface area contributed by atoms with Crippen LogP contribution in [0.15, 0.2) is 30.3 Å². The van der Waals surface area contributed by atoms with Gasteiger partial charge in [-0.3, -0.25) is 4.79 Å². The molecular formula is C13H19NO3. The highest BCUT2D eigenvalue weighted by Crippen LogP contribution is 2.20. The number of methoxy groups -OCH3 is 1. The third kappa shape index (κ3) is 3.54. The smallest absolute Gasteiger partial charge is 0.249 e. The summed E-state index contributed by atoms with van der Waals surface area (Å²) in [7, 11) is 1.58. The summed E-state index contributed by atoms with van der Waals surface area (Å²) in [5, 5.41) is 12.0. The van der Waals surface area contributed by atoms with Crippen molar-refractivity contribution < 1.29 is 14.6 Å². The van der Waals surface area contributed by atoms with E-state index in [0.29, 0.717) is 6.61 Å². The molecule has 1 amide bonds. The van der Waals surface area contributed by atoms with Crippen molar-refractivity contribution in [2.45, 2.75) is 25.5 Å². The average molecular weight is 237 g/mol. The molecule has 0 saturated carbocycles. The van der Waals surface area contributed by atoms with E-state index in [-0.39, 0.29) is 0 Å². The number of hydrogen-bond donors (Lipinski definition) is 2. The molecule has 0 radical (unpaired) electrons. The lowest BCUT2D eigenvalue weighted by Gasteiger charge is -2.31. The van der Waals surface area contributed by atoms with E-state index >= 15 is 0 Å². The molecule has 0 aromatic heterocycles. The molecule has 0 fully saturated rings. The van der Waals surface area contributed by atoms with E-state index in [2.05, 4.69) is 5.32 Å². The number of ether oxygens (including phenoxy) is 1. The molecule has 0 saturated heterocycles. The summed E-state index contributed by atoms with van der Waals surface area (Å²) in [5.74, 6) is -0.409. The molecule has 0 aliphatic carbocycles. The maximum Gasteiger partial charge on any atom is 0.249 e. The first-order valence-electron chi connectivity index (χ1n) is 5.54. The quantitative estimate of drug-likeness (QED) is 0.804. The Morgan fingerprint density at radius 1 is 1.47 bits per heavy atom. The topological polar surface area (TPSA) is 58.6 Å². The molecule has 0 aliphatic heterocycles. The van der Waals surface area contributed by atoms with E-state index in [1.54, 1.807) is 7.11 Å². The van der Waals surface area contributed by atoms with E-state index in [9.17, 15) is 9.90 Å². The normalized spacial score (nSPS) is 16.0. The van der Waals surface area contributed by atoms with Crippen molar-refractivity contribution >= 4 is 5.91 Å². The molecule has 2 unspecified atom stereocenters. The van der Waals surface area contributed by atoms with Crippen LogP contribution in [0.3, 0.4) is 0 Å². The number of aliphatic hydroxyl groups excluding tert-OH is 1. The lowest BCUT2D eigenvalue weighted by molar-refractivity contribution is -0.131. The first-order chi connectivity index (χ1) is 7.99. The SMILES string of the molecule is COCC(C)(NC(=O)C(C)O)c1ccccc1. The minimum Gasteiger partial charge on any atom is -0.384 e. The van der Waals surface area contributed by atoms with Crippen molar-refractivity contribution in [3.8, 4) is 0 Å². The molecule has 1 aromatic rings. The molecule has 4 nitrogen and oxygen atoms in total. The van der Waals surface area contributed by atoms with E-state index in [1.807, 2.05) is 37.3 Å². The van der Waals surface area contributed by atoms with Gasteiger partial charge in [0, 0.05) is 7.11 Å². The van der Waals surface area contributed by atoms with Crippen LogP contribution in [0, 0.1) is 0 Å². The van der Waals surface area contributed by atoms with Crippen LogP contribution in [-0.4, -0.2) is 30.8 Å². The van der Waals surface area contributed by atoms with Crippen LogP contribution in [0.1, 0.15) is 19.4 Å². The first kappa shape index (κ1) is 13.7. The summed E-state index contributed by atoms with van der Waals surface area (Å²) in [4.78, 5) is 11.6. The van der Waals surface area contributed by atoms with Crippen molar-refractivity contribution in [3.63, 3.8) is 0 Å². The van der Waals surface area contributed by atoms with E-state index in [4.69, 9.17) is 4.74 Å². The van der Waals surface area contributed by atoms with Gasteiger partial charge in [-0.25, -0.2) is 0 Å². The second kappa shape index (κ2) is 5.80. The Kier molecular flexibility index (Phi) is 4.66. The van der Waals surface area contributed by atoms with Crippen LogP contribution in [-0.2, 0) is 15.1 Å². The van der Waals surface area contributed by atoms with E-state index in [1.165, 1.54) is 6.92 Å². The molecule has 2 atom stereocenters. The first-order valence-corrected chi connectivity index (χ1v) is 5.54. The third-order valence-electron chi connectivity index (χ3n) is 2.62. The van der Waals surface area contributed by atoms with Gasteiger partial charge in [0.25, 0.3) is 0 Å². The molecule has 4 heteroatoms. The summed E-state index contributed by atoms with van der Waals surface area (Å²) >= 11 is 0. The van der Waals surface area contributed by atoms with Gasteiger partial charge in [-0.2, -0.15) is 0 Å². The number of rotatable bonds is 5. The highest BCUT2D eigenvalue weighted by Gasteiger charge is 2.29. The number of carbonyl (C=O) groups excluding carboxylic acids is 1. The lowest BCUT2D eigenvalue weighted by Crippen LogP contribution is -2.49. The monoisotopic (exact) mass is 237 g/mol. The van der Waals surface area contributed by atoms with Gasteiger partial charge in [0.2, 0.25) is 5.91 Å². The number of nitrogens with one attached hydrogen (secondary N) is 1. The molecule has 0 heterocycles. The van der Waals surface area contributed by atoms with Gasteiger partial charge in [0.05, 0.1) is 12.1 Å². The second-order valence-corrected chi connectivity index (χ2v) is 4.30. The van der Waals surface area contributed by atoms with Crippen molar-refractivity contribution in [2.75, 3.05) is 13.7 Å². The predicted octanol–water partition coefficient (Wildman–Crippen LogP) is 1.05. The van der Waals surface area contributed by atoms with Gasteiger partial charge in [-0.1, -0.05) is 30.3 Å². The Morgan fingerprint density at radius 3 is 2.53 bits per heavy atom. The number of benzene rings is 1. The highest BCUT2D eigenvalue weighted by atomic mass is 16.5. The van der Waals surface area contributed by atoms with E-state index < -0.39 is 17.6 Å². The summed E-state index contributed by atoms with van der Waals surface area (Å²) in [5.41, 5.74) is 0.306. The zero-order valence-corrected chi connectivity index (χ0v) is 10.4. The number of amides is 1. The lowest BCUT2D eigenvalue weighted by atomic mass is 9.92. The summed E-state index contributed by atoms with van der Waals surface area (Å²) < 4.78 is 5.15. The Hall–Kier alpha value is -1.39. The number of carbonyl (C=O) groups is 1. The zero-order chi connectivity index (χ0) is 12.9. The van der Waals surface area contributed by atoms with Crippen molar-refractivity contribution in [3.05, 3.63) is 35.9 Å². The fraction of sp³-hybridized carbons (Fsp3) is 0.462. The molecule has 1 rings (SSSR count). The standard InChI is InChI=1S/C13H19NO3/c1-10(15)12(16)14-13(2,9-17-3)11-7-5-4-6-8-11/h4-8,10,15H,9H2,1-3H3,(H,14,16). The molecule has 17 heavy (non-hydrogen) atoms. The molecule has 2 N–H and O–H groups in total. The van der Waals surface area contributed by atoms with Gasteiger partial charge >= 0.3 is 0 Å². The second-order valence-electron chi connectivity index (χ2n) is 4.30. The average Bonchev–Trinajstić information content (AvgIpc) is 2.30. The summed E-state index contributed by atoms with van der Waals surface area (Å²) in [6, 6.07) is 9.55. The highest BCUT2D eigenvalue weighted by molar-refractivity contribution is 5.81.